The Labute approximate surface area is 182 Å². The number of methoxy groups -OCH3 is 1. The molecule has 0 aliphatic carbocycles. The molecule has 0 radical (unpaired) electrons. The average Bonchev–Trinajstić information content (AvgIpc) is 2.63. The standard InChI is InChI=1S/C22H31NO8/c1-14(24)30-18-8-7-16(12-19(18)31-15(2)25)11-17(21(27)28-6)23-9-10-29-20(26)13-22(3,4)5/h7-8,12,17,23H,9-11,13H2,1-6H3/t17-/m0/s1. The molecule has 0 spiro atoms. The summed E-state index contributed by atoms with van der Waals surface area (Å²) in [6.45, 7) is 8.63. The van der Waals surface area contributed by atoms with E-state index in [9.17, 15) is 19.2 Å². The van der Waals surface area contributed by atoms with Crippen LogP contribution >= 0.6 is 0 Å². The van der Waals surface area contributed by atoms with Crippen LogP contribution < -0.4 is 14.8 Å². The fourth-order valence-corrected chi connectivity index (χ4v) is 2.65. The zero-order chi connectivity index (χ0) is 23.6. The molecule has 9 nitrogen and oxygen atoms in total. The molecule has 9 heteroatoms. The van der Waals surface area contributed by atoms with Crippen LogP contribution in [0.1, 0.15) is 46.6 Å². The maximum atomic E-state index is 12.2. The predicted octanol–water partition coefficient (Wildman–Crippen LogP) is 2.19. The Balaban J connectivity index is 2.80. The van der Waals surface area contributed by atoms with E-state index in [1.165, 1.54) is 33.1 Å². The van der Waals surface area contributed by atoms with Crippen LogP contribution in [0.4, 0.5) is 0 Å². The van der Waals surface area contributed by atoms with Crippen LogP contribution in [-0.4, -0.2) is 50.2 Å². The lowest BCUT2D eigenvalue weighted by molar-refractivity contribution is -0.145. The lowest BCUT2D eigenvalue weighted by Crippen LogP contribution is -2.41. The maximum Gasteiger partial charge on any atom is 0.323 e. The number of nitrogens with one attached hydrogen (secondary N) is 1. The van der Waals surface area contributed by atoms with Crippen molar-refractivity contribution in [3.05, 3.63) is 23.8 Å². The SMILES string of the molecule is COC(=O)[C@H](Cc1ccc(OC(C)=O)c(OC(C)=O)c1)NCCOC(=O)CC(C)(C)C. The molecule has 1 rings (SSSR count). The van der Waals surface area contributed by atoms with E-state index >= 15 is 0 Å². The summed E-state index contributed by atoms with van der Waals surface area (Å²) in [7, 11) is 1.27. The molecule has 0 bridgehead atoms. The minimum atomic E-state index is -0.726. The van der Waals surface area contributed by atoms with E-state index in [4.69, 9.17) is 18.9 Å². The van der Waals surface area contributed by atoms with Crippen molar-refractivity contribution in [3.63, 3.8) is 0 Å². The van der Waals surface area contributed by atoms with Gasteiger partial charge in [0, 0.05) is 20.4 Å². The number of hydrogen-bond donors (Lipinski definition) is 1. The number of ether oxygens (including phenoxy) is 4. The van der Waals surface area contributed by atoms with Gasteiger partial charge in [-0.3, -0.25) is 19.2 Å². The topological polar surface area (TPSA) is 117 Å². The zero-order valence-electron chi connectivity index (χ0n) is 18.9. The number of hydrogen-bond acceptors (Lipinski definition) is 9. The molecule has 0 amide bonds. The van der Waals surface area contributed by atoms with E-state index in [0.29, 0.717) is 12.0 Å². The summed E-state index contributed by atoms with van der Waals surface area (Å²) >= 11 is 0. The van der Waals surface area contributed by atoms with Crippen LogP contribution in [0.25, 0.3) is 0 Å². The molecule has 1 N–H and O–H groups in total. The average molecular weight is 437 g/mol. The van der Waals surface area contributed by atoms with Gasteiger partial charge in [0.15, 0.2) is 11.5 Å². The van der Waals surface area contributed by atoms with Crippen LogP contribution in [0.3, 0.4) is 0 Å². The number of carbonyl (C=O) groups excluding carboxylic acids is 4. The van der Waals surface area contributed by atoms with E-state index in [2.05, 4.69) is 5.32 Å². The summed E-state index contributed by atoms with van der Waals surface area (Å²) < 4.78 is 20.2. The van der Waals surface area contributed by atoms with Gasteiger partial charge in [-0.25, -0.2) is 0 Å². The number of esters is 4. The van der Waals surface area contributed by atoms with E-state index in [0.717, 1.165) is 0 Å². The van der Waals surface area contributed by atoms with Crippen LogP contribution in [0.5, 0.6) is 11.5 Å². The molecule has 0 aromatic heterocycles. The van der Waals surface area contributed by atoms with Crippen molar-refractivity contribution in [2.24, 2.45) is 5.41 Å². The fourth-order valence-electron chi connectivity index (χ4n) is 2.65. The number of rotatable bonds is 10. The molecule has 0 saturated heterocycles. The molecule has 1 aromatic rings. The highest BCUT2D eigenvalue weighted by molar-refractivity contribution is 5.76. The smallest absolute Gasteiger partial charge is 0.323 e. The molecule has 172 valence electrons. The number of benzene rings is 1. The van der Waals surface area contributed by atoms with E-state index in [1.807, 2.05) is 20.8 Å². The van der Waals surface area contributed by atoms with Crippen molar-refractivity contribution < 1.29 is 38.1 Å². The molecule has 0 unspecified atom stereocenters. The first-order valence-corrected chi connectivity index (χ1v) is 9.88. The van der Waals surface area contributed by atoms with Gasteiger partial charge in [-0.05, 0) is 29.5 Å². The van der Waals surface area contributed by atoms with Gasteiger partial charge in [0.05, 0.1) is 13.5 Å². The lowest BCUT2D eigenvalue weighted by Gasteiger charge is -2.19. The molecule has 0 heterocycles. The van der Waals surface area contributed by atoms with Crippen LogP contribution in [0.15, 0.2) is 18.2 Å². The second kappa shape index (κ2) is 12.0. The second-order valence-electron chi connectivity index (χ2n) is 8.16. The first kappa shape index (κ1) is 26.1. The van der Waals surface area contributed by atoms with Crippen LogP contribution in [0.2, 0.25) is 0 Å². The zero-order valence-corrected chi connectivity index (χ0v) is 18.9. The summed E-state index contributed by atoms with van der Waals surface area (Å²) in [4.78, 5) is 46.6. The summed E-state index contributed by atoms with van der Waals surface area (Å²) in [6.07, 6.45) is 0.498. The van der Waals surface area contributed by atoms with E-state index < -0.39 is 23.9 Å². The van der Waals surface area contributed by atoms with E-state index in [-0.39, 0.29) is 42.5 Å². The van der Waals surface area contributed by atoms with Crippen LogP contribution in [-0.2, 0) is 35.1 Å². The molecule has 0 aliphatic rings. The van der Waals surface area contributed by atoms with Gasteiger partial charge in [0.2, 0.25) is 0 Å². The second-order valence-corrected chi connectivity index (χ2v) is 8.16. The van der Waals surface area contributed by atoms with E-state index in [1.54, 1.807) is 6.07 Å². The highest BCUT2D eigenvalue weighted by atomic mass is 16.6. The molecule has 31 heavy (non-hydrogen) atoms. The molecule has 1 aromatic carbocycles. The Hall–Kier alpha value is -2.94. The van der Waals surface area contributed by atoms with Crippen molar-refractivity contribution in [3.8, 4) is 11.5 Å². The minimum Gasteiger partial charge on any atom is -0.468 e. The summed E-state index contributed by atoms with van der Waals surface area (Å²) in [5, 5.41) is 3.00. The van der Waals surface area contributed by atoms with Crippen molar-refractivity contribution in [1.82, 2.24) is 5.32 Å². The van der Waals surface area contributed by atoms with Gasteiger partial charge in [0.25, 0.3) is 0 Å². The molecule has 0 aliphatic heterocycles. The maximum absolute atomic E-state index is 12.2. The van der Waals surface area contributed by atoms with Crippen molar-refractivity contribution in [2.45, 2.75) is 53.5 Å². The Morgan fingerprint density at radius 1 is 1.00 bits per heavy atom. The van der Waals surface area contributed by atoms with Crippen molar-refractivity contribution in [1.29, 1.82) is 0 Å². The molecular formula is C22H31NO8. The third kappa shape index (κ3) is 10.6. The first-order valence-electron chi connectivity index (χ1n) is 9.88. The molecule has 0 fully saturated rings. The van der Waals surface area contributed by atoms with Crippen molar-refractivity contribution >= 4 is 23.9 Å². The minimum absolute atomic E-state index is 0.0694. The summed E-state index contributed by atoms with van der Waals surface area (Å²) in [6, 6.07) is 3.92. The Morgan fingerprint density at radius 2 is 1.61 bits per heavy atom. The van der Waals surface area contributed by atoms with Gasteiger partial charge in [-0.2, -0.15) is 0 Å². The summed E-state index contributed by atoms with van der Waals surface area (Å²) in [5.74, 6) is -1.78. The Morgan fingerprint density at radius 3 is 2.16 bits per heavy atom. The van der Waals surface area contributed by atoms with Gasteiger partial charge in [0.1, 0.15) is 12.6 Å². The predicted molar refractivity (Wildman–Crippen MR) is 112 cm³/mol. The third-order valence-electron chi connectivity index (χ3n) is 3.87. The molecule has 0 saturated carbocycles. The number of carbonyl (C=O) groups is 4. The molecular weight excluding hydrogens is 406 g/mol. The lowest BCUT2D eigenvalue weighted by atomic mass is 9.93. The monoisotopic (exact) mass is 437 g/mol. The molecule has 1 atom stereocenters. The Kier molecular flexibility index (Phi) is 10.1. The fraction of sp³-hybridized carbons (Fsp3) is 0.545. The quantitative estimate of drug-likeness (QED) is 0.334. The van der Waals surface area contributed by atoms with Gasteiger partial charge < -0.3 is 24.3 Å². The van der Waals surface area contributed by atoms with Crippen molar-refractivity contribution in [2.75, 3.05) is 20.3 Å². The third-order valence-corrected chi connectivity index (χ3v) is 3.87. The Bertz CT molecular complexity index is 797. The van der Waals surface area contributed by atoms with Gasteiger partial charge >= 0.3 is 23.9 Å². The van der Waals surface area contributed by atoms with Gasteiger partial charge in [-0.1, -0.05) is 26.8 Å². The highest BCUT2D eigenvalue weighted by Crippen LogP contribution is 2.29. The van der Waals surface area contributed by atoms with Gasteiger partial charge in [-0.15, -0.1) is 0 Å². The first-order chi connectivity index (χ1) is 14.4. The summed E-state index contributed by atoms with van der Waals surface area (Å²) in [5.41, 5.74) is 0.469. The highest BCUT2D eigenvalue weighted by Gasteiger charge is 2.21. The largest absolute Gasteiger partial charge is 0.468 e. The normalized spacial score (nSPS) is 11.9. The van der Waals surface area contributed by atoms with Crippen LogP contribution in [0, 0.1) is 5.41 Å².